The number of carboxylic acid groups (broad SMARTS) is 1. The van der Waals surface area contributed by atoms with E-state index in [1.807, 2.05) is 0 Å². The number of unbranched alkanes of at least 4 members (excludes halogenated alkanes) is 3. The van der Waals surface area contributed by atoms with Crippen LogP contribution in [0.25, 0.3) is 6.08 Å². The van der Waals surface area contributed by atoms with Crippen LogP contribution in [0.1, 0.15) is 63.4 Å². The van der Waals surface area contributed by atoms with Crippen LogP contribution < -0.4 is 4.74 Å². The van der Waals surface area contributed by atoms with Crippen LogP contribution >= 0.6 is 0 Å². The highest BCUT2D eigenvalue weighted by molar-refractivity contribution is 5.66. The molecule has 0 radical (unpaired) electrons. The van der Waals surface area contributed by atoms with Gasteiger partial charge < -0.3 is 25.2 Å². The smallest absolute Gasteiger partial charge is 0.303 e. The maximum absolute atomic E-state index is 14.2. The Balaban J connectivity index is 1.82. The third kappa shape index (κ3) is 7.91. The van der Waals surface area contributed by atoms with Gasteiger partial charge in [0.05, 0.1) is 25.4 Å². The molecule has 1 fully saturated rings. The summed E-state index contributed by atoms with van der Waals surface area (Å²) in [5.41, 5.74) is 0.329. The number of benzene rings is 1. The molecule has 7 heteroatoms. The molecule has 2 rings (SSSR count). The lowest BCUT2D eigenvalue weighted by molar-refractivity contribution is -0.137. The van der Waals surface area contributed by atoms with Crippen molar-refractivity contribution in [3.63, 3.8) is 0 Å². The predicted octanol–water partition coefficient (Wildman–Crippen LogP) is 3.77. The van der Waals surface area contributed by atoms with E-state index in [2.05, 4.69) is 0 Å². The lowest BCUT2D eigenvalue weighted by atomic mass is 9.85. The highest BCUT2D eigenvalue weighted by Gasteiger charge is 2.40. The molecular formula is C24H35FO6. The molecular weight excluding hydrogens is 403 g/mol. The van der Waals surface area contributed by atoms with Crippen LogP contribution in [0.4, 0.5) is 4.39 Å². The minimum atomic E-state index is -0.785. The van der Waals surface area contributed by atoms with Crippen molar-refractivity contribution in [3.8, 4) is 5.75 Å². The zero-order chi connectivity index (χ0) is 22.8. The monoisotopic (exact) mass is 438 g/mol. The largest absolute Gasteiger partial charge is 0.494 e. The number of hydrogen-bond acceptors (Lipinski definition) is 5. The van der Waals surface area contributed by atoms with Crippen LogP contribution in [0.15, 0.2) is 24.3 Å². The first kappa shape index (κ1) is 25.3. The number of halogens is 1. The molecule has 1 aromatic carbocycles. The summed E-state index contributed by atoms with van der Waals surface area (Å²) in [6.07, 6.45) is 6.66. The summed E-state index contributed by atoms with van der Waals surface area (Å²) in [7, 11) is 1.40. The van der Waals surface area contributed by atoms with Gasteiger partial charge >= 0.3 is 5.97 Å². The second kappa shape index (κ2) is 12.8. The second-order valence-electron chi connectivity index (χ2n) is 8.41. The SMILES string of the molecule is COc1cccc(/C=C/C(O)CCC2C(O)CC(O)C2CCCCCCC(=O)O)c1F. The van der Waals surface area contributed by atoms with Crippen LogP contribution in [0, 0.1) is 17.7 Å². The van der Waals surface area contributed by atoms with Crippen molar-refractivity contribution in [3.05, 3.63) is 35.7 Å². The molecule has 1 saturated carbocycles. The number of carbonyl (C=O) groups is 1. The molecule has 1 aromatic rings. The molecule has 0 saturated heterocycles. The topological polar surface area (TPSA) is 107 Å². The number of rotatable bonds is 13. The minimum absolute atomic E-state index is 0.0264. The van der Waals surface area contributed by atoms with Gasteiger partial charge in [-0.2, -0.15) is 0 Å². The number of aliphatic carboxylic acids is 1. The number of hydrogen-bond donors (Lipinski definition) is 4. The zero-order valence-electron chi connectivity index (χ0n) is 18.1. The average Bonchev–Trinajstić information content (AvgIpc) is 3.00. The van der Waals surface area contributed by atoms with E-state index < -0.39 is 30.1 Å². The fourth-order valence-electron chi connectivity index (χ4n) is 4.48. The number of aliphatic hydroxyl groups excluding tert-OH is 3. The first-order valence-corrected chi connectivity index (χ1v) is 11.1. The van der Waals surface area contributed by atoms with Gasteiger partial charge in [-0.25, -0.2) is 4.39 Å². The van der Waals surface area contributed by atoms with Crippen molar-refractivity contribution < 1.29 is 34.3 Å². The molecule has 0 aliphatic heterocycles. The maximum atomic E-state index is 14.2. The van der Waals surface area contributed by atoms with Crippen molar-refractivity contribution in [2.75, 3.05) is 7.11 Å². The summed E-state index contributed by atoms with van der Waals surface area (Å²) >= 11 is 0. The van der Waals surface area contributed by atoms with Crippen molar-refractivity contribution in [2.24, 2.45) is 11.8 Å². The third-order valence-corrected chi connectivity index (χ3v) is 6.21. The molecule has 4 N–H and O–H groups in total. The van der Waals surface area contributed by atoms with Gasteiger partial charge in [-0.3, -0.25) is 4.79 Å². The lowest BCUT2D eigenvalue weighted by Crippen LogP contribution is -2.23. The Morgan fingerprint density at radius 2 is 1.84 bits per heavy atom. The van der Waals surface area contributed by atoms with Crippen LogP contribution in [0.5, 0.6) is 5.75 Å². The summed E-state index contributed by atoms with van der Waals surface area (Å²) in [5, 5.41) is 39.7. The predicted molar refractivity (Wildman–Crippen MR) is 116 cm³/mol. The first-order chi connectivity index (χ1) is 14.8. The Bertz CT molecular complexity index is 722. The molecule has 5 unspecified atom stereocenters. The van der Waals surface area contributed by atoms with E-state index in [1.54, 1.807) is 12.1 Å². The normalized spacial score (nSPS) is 24.5. The molecule has 0 spiro atoms. The molecule has 174 valence electrons. The van der Waals surface area contributed by atoms with Gasteiger partial charge in [0.25, 0.3) is 0 Å². The van der Waals surface area contributed by atoms with E-state index in [4.69, 9.17) is 9.84 Å². The van der Waals surface area contributed by atoms with Crippen LogP contribution in [-0.2, 0) is 4.79 Å². The van der Waals surface area contributed by atoms with Gasteiger partial charge in [0, 0.05) is 12.0 Å². The van der Waals surface area contributed by atoms with Crippen LogP contribution in [-0.4, -0.2) is 51.8 Å². The van der Waals surface area contributed by atoms with Crippen LogP contribution in [0.3, 0.4) is 0 Å². The number of ether oxygens (including phenoxy) is 1. The Labute approximate surface area is 183 Å². The zero-order valence-corrected chi connectivity index (χ0v) is 18.1. The van der Waals surface area contributed by atoms with Gasteiger partial charge in [-0.15, -0.1) is 0 Å². The number of carboxylic acids is 1. The Morgan fingerprint density at radius 1 is 1.16 bits per heavy atom. The van der Waals surface area contributed by atoms with E-state index in [1.165, 1.54) is 25.3 Å². The molecule has 1 aliphatic rings. The van der Waals surface area contributed by atoms with Crippen molar-refractivity contribution >= 4 is 12.0 Å². The van der Waals surface area contributed by atoms with Gasteiger partial charge in [-0.1, -0.05) is 43.5 Å². The molecule has 0 amide bonds. The first-order valence-electron chi connectivity index (χ1n) is 11.1. The molecule has 0 aromatic heterocycles. The van der Waals surface area contributed by atoms with E-state index in [9.17, 15) is 24.5 Å². The van der Waals surface area contributed by atoms with E-state index >= 15 is 0 Å². The molecule has 0 bridgehead atoms. The van der Waals surface area contributed by atoms with Gasteiger partial charge in [0.1, 0.15) is 0 Å². The maximum Gasteiger partial charge on any atom is 0.303 e. The van der Waals surface area contributed by atoms with Crippen molar-refractivity contribution in [1.82, 2.24) is 0 Å². The summed E-state index contributed by atoms with van der Waals surface area (Å²) < 4.78 is 19.1. The molecule has 6 nitrogen and oxygen atoms in total. The highest BCUT2D eigenvalue weighted by Crippen LogP contribution is 2.39. The minimum Gasteiger partial charge on any atom is -0.494 e. The lowest BCUT2D eigenvalue weighted by Gasteiger charge is -2.24. The summed E-state index contributed by atoms with van der Waals surface area (Å²) in [5.74, 6) is -1.24. The molecule has 1 aliphatic carbocycles. The fraction of sp³-hybridized carbons (Fsp3) is 0.625. The average molecular weight is 439 g/mol. The fourth-order valence-corrected chi connectivity index (χ4v) is 4.48. The Morgan fingerprint density at radius 3 is 2.52 bits per heavy atom. The summed E-state index contributed by atoms with van der Waals surface area (Å²) in [6.45, 7) is 0. The molecule has 5 atom stereocenters. The van der Waals surface area contributed by atoms with E-state index in [0.29, 0.717) is 31.2 Å². The van der Waals surface area contributed by atoms with E-state index in [0.717, 1.165) is 25.7 Å². The molecule has 0 heterocycles. The second-order valence-corrected chi connectivity index (χ2v) is 8.41. The van der Waals surface area contributed by atoms with Crippen molar-refractivity contribution in [2.45, 2.75) is 76.1 Å². The number of aliphatic hydroxyl groups is 3. The third-order valence-electron chi connectivity index (χ3n) is 6.21. The summed E-state index contributed by atoms with van der Waals surface area (Å²) in [4.78, 5) is 10.6. The molecule has 31 heavy (non-hydrogen) atoms. The van der Waals surface area contributed by atoms with E-state index in [-0.39, 0.29) is 24.0 Å². The highest BCUT2D eigenvalue weighted by atomic mass is 19.1. The quantitative estimate of drug-likeness (QED) is 0.349. The van der Waals surface area contributed by atoms with Crippen molar-refractivity contribution in [1.29, 1.82) is 0 Å². The van der Waals surface area contributed by atoms with Gasteiger partial charge in [0.15, 0.2) is 11.6 Å². The Kier molecular flexibility index (Phi) is 10.4. The van der Waals surface area contributed by atoms with Gasteiger partial charge in [0.2, 0.25) is 0 Å². The van der Waals surface area contributed by atoms with Crippen LogP contribution in [0.2, 0.25) is 0 Å². The van der Waals surface area contributed by atoms with Gasteiger partial charge in [-0.05, 0) is 50.0 Å². The summed E-state index contributed by atoms with van der Waals surface area (Å²) in [6, 6.07) is 4.81. The standard InChI is InChI=1S/C24H35FO6/c1-31-22-9-6-7-16(24(22)25)11-12-17(26)13-14-19-18(20(27)15-21(19)28)8-4-2-3-5-10-23(29)30/h6-7,9,11-12,17-21,26-28H,2-5,8,10,13-15H2,1H3,(H,29,30)/b12-11+. The Hall–Kier alpha value is -1.96. The number of methoxy groups -OCH3 is 1.